The second kappa shape index (κ2) is 10.8. The molecule has 0 spiro atoms. The van der Waals surface area contributed by atoms with Gasteiger partial charge in [0.2, 0.25) is 5.91 Å². The molecule has 3 aromatic rings. The molecule has 8 heteroatoms. The summed E-state index contributed by atoms with van der Waals surface area (Å²) in [5.41, 5.74) is 3.57. The zero-order valence-corrected chi connectivity index (χ0v) is 20.9. The maximum atomic E-state index is 13.5. The van der Waals surface area contributed by atoms with Crippen molar-refractivity contribution in [1.29, 1.82) is 0 Å². The molecular weight excluding hydrogens is 462 g/mol. The highest BCUT2D eigenvalue weighted by atomic mass is 32.2. The summed E-state index contributed by atoms with van der Waals surface area (Å²) in [6.07, 6.45) is 2.43. The predicted octanol–water partition coefficient (Wildman–Crippen LogP) is 4.12. The molecule has 3 aromatic carbocycles. The number of carbonyl (C=O) groups excluding carboxylic acids is 1. The molecule has 0 aliphatic carbocycles. The number of anilines is 2. The number of benzene rings is 3. The second-order valence-electron chi connectivity index (χ2n) is 8.66. The van der Waals surface area contributed by atoms with Crippen molar-refractivity contribution in [2.24, 2.45) is 0 Å². The molecule has 0 radical (unpaired) electrons. The van der Waals surface area contributed by atoms with Crippen molar-refractivity contribution in [1.82, 2.24) is 5.32 Å². The quantitative estimate of drug-likeness (QED) is 0.485. The van der Waals surface area contributed by atoms with Crippen LogP contribution in [-0.2, 0) is 21.4 Å². The molecule has 0 atom stereocenters. The number of aryl methyl sites for hydroxylation is 1. The summed E-state index contributed by atoms with van der Waals surface area (Å²) in [7, 11) is -2.45. The van der Waals surface area contributed by atoms with E-state index in [0.717, 1.165) is 28.5 Å². The number of nitrogens with zero attached hydrogens (tertiary/aromatic N) is 2. The van der Waals surface area contributed by atoms with Gasteiger partial charge in [0.25, 0.3) is 10.0 Å². The molecule has 184 valence electrons. The lowest BCUT2D eigenvalue weighted by Crippen LogP contribution is -2.40. The van der Waals surface area contributed by atoms with Gasteiger partial charge in [0.1, 0.15) is 12.3 Å². The third-order valence-corrected chi connectivity index (χ3v) is 7.94. The minimum absolute atomic E-state index is 0.0872. The minimum Gasteiger partial charge on any atom is -0.497 e. The van der Waals surface area contributed by atoms with E-state index in [2.05, 4.69) is 22.3 Å². The van der Waals surface area contributed by atoms with Crippen LogP contribution in [0.25, 0.3) is 0 Å². The molecule has 1 heterocycles. The molecule has 1 aliphatic rings. The summed E-state index contributed by atoms with van der Waals surface area (Å²) in [6, 6.07) is 21.3. The number of sulfonamides is 1. The van der Waals surface area contributed by atoms with Crippen molar-refractivity contribution in [2.45, 2.75) is 31.2 Å². The SMILES string of the molecule is COc1ccc(S(=O)(=O)N(CC(=O)NCc2ccc(N3CCCC3)cc2)c2ccc(C)cc2)cc1. The fourth-order valence-corrected chi connectivity index (χ4v) is 5.51. The highest BCUT2D eigenvalue weighted by molar-refractivity contribution is 7.92. The Morgan fingerprint density at radius 2 is 1.57 bits per heavy atom. The van der Waals surface area contributed by atoms with Gasteiger partial charge < -0.3 is 15.0 Å². The fraction of sp³-hybridized carbons (Fsp3) is 0.296. The van der Waals surface area contributed by atoms with Crippen molar-refractivity contribution in [3.05, 3.63) is 83.9 Å². The molecular formula is C27H31N3O4S. The summed E-state index contributed by atoms with van der Waals surface area (Å²) < 4.78 is 33.3. The number of methoxy groups -OCH3 is 1. The van der Waals surface area contributed by atoms with E-state index in [1.807, 2.05) is 31.2 Å². The molecule has 0 unspecified atom stereocenters. The summed E-state index contributed by atoms with van der Waals surface area (Å²) in [6.45, 7) is 4.07. The topological polar surface area (TPSA) is 79.0 Å². The van der Waals surface area contributed by atoms with Crippen molar-refractivity contribution in [2.75, 3.05) is 35.9 Å². The third-order valence-electron chi connectivity index (χ3n) is 6.15. The Bertz CT molecular complexity index is 1240. The first-order valence-electron chi connectivity index (χ1n) is 11.7. The summed E-state index contributed by atoms with van der Waals surface area (Å²) >= 11 is 0. The molecule has 0 aromatic heterocycles. The monoisotopic (exact) mass is 493 g/mol. The predicted molar refractivity (Wildman–Crippen MR) is 138 cm³/mol. The van der Waals surface area contributed by atoms with E-state index in [1.54, 1.807) is 24.3 Å². The van der Waals surface area contributed by atoms with Crippen LogP contribution in [0.1, 0.15) is 24.0 Å². The number of ether oxygens (including phenoxy) is 1. The maximum absolute atomic E-state index is 13.5. The van der Waals surface area contributed by atoms with Crippen LogP contribution in [0.4, 0.5) is 11.4 Å². The Hall–Kier alpha value is -3.52. The highest BCUT2D eigenvalue weighted by Gasteiger charge is 2.27. The van der Waals surface area contributed by atoms with Crippen molar-refractivity contribution in [3.8, 4) is 5.75 Å². The Kier molecular flexibility index (Phi) is 7.60. The Morgan fingerprint density at radius 3 is 2.17 bits per heavy atom. The van der Waals surface area contributed by atoms with Crippen LogP contribution in [0.5, 0.6) is 5.75 Å². The highest BCUT2D eigenvalue weighted by Crippen LogP contribution is 2.25. The maximum Gasteiger partial charge on any atom is 0.264 e. The van der Waals surface area contributed by atoms with Crippen molar-refractivity contribution >= 4 is 27.3 Å². The minimum atomic E-state index is -3.97. The van der Waals surface area contributed by atoms with Gasteiger partial charge in [-0.3, -0.25) is 9.10 Å². The van der Waals surface area contributed by atoms with E-state index in [4.69, 9.17) is 4.74 Å². The van der Waals surface area contributed by atoms with E-state index in [-0.39, 0.29) is 17.3 Å². The van der Waals surface area contributed by atoms with Crippen LogP contribution in [0, 0.1) is 6.92 Å². The molecule has 1 N–H and O–H groups in total. The first-order valence-corrected chi connectivity index (χ1v) is 13.1. The molecule has 1 aliphatic heterocycles. The molecule has 1 fully saturated rings. The van der Waals surface area contributed by atoms with E-state index in [9.17, 15) is 13.2 Å². The smallest absolute Gasteiger partial charge is 0.264 e. The standard InChI is InChI=1S/C27H31N3O4S/c1-21-5-9-24(10-6-21)30(35(32,33)26-15-13-25(34-2)14-16-26)20-27(31)28-19-22-7-11-23(12-8-22)29-17-3-4-18-29/h5-16H,3-4,17-20H2,1-2H3,(H,28,31). The molecule has 0 saturated carbocycles. The van der Waals surface area contributed by atoms with Gasteiger partial charge in [0.15, 0.2) is 0 Å². The van der Waals surface area contributed by atoms with Gasteiger partial charge in [0.05, 0.1) is 17.7 Å². The third kappa shape index (κ3) is 5.95. The van der Waals surface area contributed by atoms with Gasteiger partial charge in [-0.05, 0) is 73.9 Å². The lowest BCUT2D eigenvalue weighted by Gasteiger charge is -2.24. The molecule has 4 rings (SSSR count). The number of carbonyl (C=O) groups is 1. The Balaban J connectivity index is 1.48. The number of rotatable bonds is 9. The van der Waals surface area contributed by atoms with E-state index >= 15 is 0 Å². The van der Waals surface area contributed by atoms with Gasteiger partial charge in [0, 0.05) is 25.3 Å². The van der Waals surface area contributed by atoms with Gasteiger partial charge in [-0.15, -0.1) is 0 Å². The molecule has 7 nitrogen and oxygen atoms in total. The average molecular weight is 494 g/mol. The zero-order valence-electron chi connectivity index (χ0n) is 20.1. The van der Waals surface area contributed by atoms with E-state index in [0.29, 0.717) is 18.0 Å². The van der Waals surface area contributed by atoms with Crippen LogP contribution >= 0.6 is 0 Å². The lowest BCUT2D eigenvalue weighted by molar-refractivity contribution is -0.119. The Morgan fingerprint density at radius 1 is 0.943 bits per heavy atom. The van der Waals surface area contributed by atoms with Crippen LogP contribution < -0.4 is 19.3 Å². The van der Waals surface area contributed by atoms with Gasteiger partial charge in [-0.2, -0.15) is 0 Å². The van der Waals surface area contributed by atoms with Crippen molar-refractivity contribution < 1.29 is 17.9 Å². The van der Waals surface area contributed by atoms with Gasteiger partial charge in [-0.25, -0.2) is 8.42 Å². The van der Waals surface area contributed by atoms with E-state index < -0.39 is 10.0 Å². The number of amides is 1. The molecule has 35 heavy (non-hydrogen) atoms. The average Bonchev–Trinajstić information content (AvgIpc) is 3.42. The van der Waals surface area contributed by atoms with Crippen LogP contribution in [0.15, 0.2) is 77.7 Å². The van der Waals surface area contributed by atoms with E-state index in [1.165, 1.54) is 37.8 Å². The first kappa shape index (κ1) is 24.6. The van der Waals surface area contributed by atoms with Crippen LogP contribution in [0.3, 0.4) is 0 Å². The number of nitrogens with one attached hydrogen (secondary N) is 1. The zero-order chi connectivity index (χ0) is 24.8. The Labute approximate surface area is 207 Å². The number of hydrogen-bond acceptors (Lipinski definition) is 5. The van der Waals surface area contributed by atoms with Gasteiger partial charge in [-0.1, -0.05) is 29.8 Å². The summed E-state index contributed by atoms with van der Waals surface area (Å²) in [5, 5.41) is 2.86. The number of hydrogen-bond donors (Lipinski definition) is 1. The normalized spacial score (nSPS) is 13.5. The van der Waals surface area contributed by atoms with Gasteiger partial charge >= 0.3 is 0 Å². The van der Waals surface area contributed by atoms with Crippen LogP contribution in [-0.4, -0.2) is 41.1 Å². The summed E-state index contributed by atoms with van der Waals surface area (Å²) in [4.78, 5) is 15.3. The fourth-order valence-electron chi connectivity index (χ4n) is 4.09. The summed E-state index contributed by atoms with van der Waals surface area (Å²) in [5.74, 6) is 0.172. The first-order chi connectivity index (χ1) is 16.9. The molecule has 0 bridgehead atoms. The molecule has 1 saturated heterocycles. The van der Waals surface area contributed by atoms with Crippen molar-refractivity contribution in [3.63, 3.8) is 0 Å². The lowest BCUT2D eigenvalue weighted by atomic mass is 10.2. The second-order valence-corrected chi connectivity index (χ2v) is 10.5. The molecule has 1 amide bonds. The van der Waals surface area contributed by atoms with Crippen LogP contribution in [0.2, 0.25) is 0 Å². The largest absolute Gasteiger partial charge is 0.497 e.